The number of hydrogen-bond donors (Lipinski definition) is 3. The highest BCUT2D eigenvalue weighted by Gasteiger charge is 2.25. The number of piperidine rings is 1. The number of rotatable bonds is 6. The minimum absolute atomic E-state index is 0. The molecule has 1 aliphatic heterocycles. The van der Waals surface area contributed by atoms with Gasteiger partial charge in [0.25, 0.3) is 0 Å². The molecule has 6 nitrogen and oxygen atoms in total. The lowest BCUT2D eigenvalue weighted by molar-refractivity contribution is -0.125. The first kappa shape index (κ1) is 22.0. The number of hydrogen-bond acceptors (Lipinski definition) is 4. The van der Waals surface area contributed by atoms with Crippen molar-refractivity contribution < 1.29 is 4.79 Å². The van der Waals surface area contributed by atoms with Crippen LogP contribution in [0.5, 0.6) is 0 Å². The van der Waals surface area contributed by atoms with E-state index >= 15 is 0 Å². The Morgan fingerprint density at radius 1 is 1.44 bits per heavy atom. The van der Waals surface area contributed by atoms with E-state index in [1.54, 1.807) is 11.3 Å². The van der Waals surface area contributed by atoms with E-state index in [1.165, 1.54) is 5.00 Å². The lowest BCUT2D eigenvalue weighted by atomic mass is 9.93. The van der Waals surface area contributed by atoms with Gasteiger partial charge in [-0.25, -0.2) is 0 Å². The number of carbonyl (C=O) groups is 1. The topological polar surface area (TPSA) is 82.7 Å². The highest BCUT2D eigenvalue weighted by Crippen LogP contribution is 2.24. The summed E-state index contributed by atoms with van der Waals surface area (Å²) in [5.41, 5.74) is 4.79. The van der Waals surface area contributed by atoms with Gasteiger partial charge < -0.3 is 21.3 Å². The van der Waals surface area contributed by atoms with E-state index < -0.39 is 5.41 Å². The standard InChI is InChI=1S/C17H29N5OS.HI/c1-4-19-16(20-12-17(2,3)15(18)23)21-13-7-9-22(10-8-13)14-6-5-11-24-14;/h5-6,11,13H,4,7-10,12H2,1-3H3,(H2,18,23)(H2,19,20,21);1H. The van der Waals surface area contributed by atoms with E-state index in [0.29, 0.717) is 12.6 Å². The van der Waals surface area contributed by atoms with E-state index in [2.05, 4.69) is 38.0 Å². The third-order valence-corrected chi connectivity index (χ3v) is 5.23. The normalized spacial score (nSPS) is 16.3. The highest BCUT2D eigenvalue weighted by atomic mass is 127. The Morgan fingerprint density at radius 2 is 2.12 bits per heavy atom. The van der Waals surface area contributed by atoms with Gasteiger partial charge in [-0.2, -0.15) is 0 Å². The van der Waals surface area contributed by atoms with Crippen LogP contribution in [0.4, 0.5) is 5.00 Å². The van der Waals surface area contributed by atoms with Crippen LogP contribution in [-0.2, 0) is 4.79 Å². The summed E-state index contributed by atoms with van der Waals surface area (Å²) in [6, 6.07) is 4.67. The summed E-state index contributed by atoms with van der Waals surface area (Å²) >= 11 is 1.79. The number of carbonyl (C=O) groups excluding carboxylic acids is 1. The maximum Gasteiger partial charge on any atom is 0.224 e. The van der Waals surface area contributed by atoms with Crippen LogP contribution in [0.2, 0.25) is 0 Å². The Hall–Kier alpha value is -1.03. The molecule has 1 aromatic rings. The molecule has 0 atom stereocenters. The predicted octanol–water partition coefficient (Wildman–Crippen LogP) is 2.40. The minimum atomic E-state index is -0.634. The van der Waals surface area contributed by atoms with Gasteiger partial charge in [0.1, 0.15) is 0 Å². The molecule has 4 N–H and O–H groups in total. The minimum Gasteiger partial charge on any atom is -0.369 e. The molecular weight excluding hydrogens is 449 g/mol. The first-order chi connectivity index (χ1) is 11.4. The quantitative estimate of drug-likeness (QED) is 0.333. The summed E-state index contributed by atoms with van der Waals surface area (Å²) in [6.07, 6.45) is 2.14. The van der Waals surface area contributed by atoms with Gasteiger partial charge in [0.2, 0.25) is 5.91 Å². The molecule has 1 fully saturated rings. The van der Waals surface area contributed by atoms with Crippen LogP contribution in [0.1, 0.15) is 33.6 Å². The van der Waals surface area contributed by atoms with Crippen LogP contribution >= 0.6 is 35.3 Å². The average Bonchev–Trinajstić information content (AvgIpc) is 3.08. The van der Waals surface area contributed by atoms with Crippen molar-refractivity contribution in [2.75, 3.05) is 31.1 Å². The number of amides is 1. The van der Waals surface area contributed by atoms with Crippen LogP contribution in [0.25, 0.3) is 0 Å². The maximum absolute atomic E-state index is 11.4. The Morgan fingerprint density at radius 3 is 2.64 bits per heavy atom. The van der Waals surface area contributed by atoms with Crippen molar-refractivity contribution in [1.82, 2.24) is 10.6 Å². The fraction of sp³-hybridized carbons (Fsp3) is 0.647. The molecule has 1 aromatic heterocycles. The summed E-state index contributed by atoms with van der Waals surface area (Å²) < 4.78 is 0. The van der Waals surface area contributed by atoms with Crippen molar-refractivity contribution in [3.63, 3.8) is 0 Å². The van der Waals surface area contributed by atoms with Crippen molar-refractivity contribution in [1.29, 1.82) is 0 Å². The molecule has 0 radical (unpaired) electrons. The second-order valence-corrected chi connectivity index (χ2v) is 7.73. The number of guanidine groups is 1. The molecule has 1 saturated heterocycles. The third-order valence-electron chi connectivity index (χ3n) is 4.30. The molecule has 25 heavy (non-hydrogen) atoms. The molecule has 0 saturated carbocycles. The molecule has 8 heteroatoms. The molecule has 0 spiro atoms. The monoisotopic (exact) mass is 479 g/mol. The number of primary amides is 1. The van der Waals surface area contributed by atoms with E-state index in [4.69, 9.17) is 5.73 Å². The smallest absolute Gasteiger partial charge is 0.224 e. The van der Waals surface area contributed by atoms with Gasteiger partial charge >= 0.3 is 0 Å². The molecule has 1 amide bonds. The molecule has 2 heterocycles. The van der Waals surface area contributed by atoms with Gasteiger partial charge in [-0.05, 0) is 51.1 Å². The van der Waals surface area contributed by atoms with Crippen LogP contribution in [0.15, 0.2) is 22.5 Å². The summed E-state index contributed by atoms with van der Waals surface area (Å²) in [7, 11) is 0. The maximum atomic E-state index is 11.4. The highest BCUT2D eigenvalue weighted by molar-refractivity contribution is 14.0. The van der Waals surface area contributed by atoms with Crippen LogP contribution in [-0.4, -0.2) is 44.1 Å². The molecule has 0 bridgehead atoms. The van der Waals surface area contributed by atoms with Gasteiger partial charge in [0.15, 0.2) is 5.96 Å². The van der Waals surface area contributed by atoms with Gasteiger partial charge in [-0.15, -0.1) is 35.3 Å². The molecule has 1 aliphatic rings. The Labute approximate surface area is 171 Å². The van der Waals surface area contributed by atoms with Crippen LogP contribution in [0, 0.1) is 5.41 Å². The number of nitrogens with zero attached hydrogens (tertiary/aromatic N) is 2. The third kappa shape index (κ3) is 6.65. The fourth-order valence-electron chi connectivity index (χ4n) is 2.56. The van der Waals surface area contributed by atoms with Crippen molar-refractivity contribution in [3.8, 4) is 0 Å². The Kier molecular flexibility index (Phi) is 8.98. The summed E-state index contributed by atoms with van der Waals surface area (Å²) in [6.45, 7) is 8.94. The number of anilines is 1. The lowest BCUT2D eigenvalue weighted by Gasteiger charge is -2.33. The van der Waals surface area contributed by atoms with Crippen molar-refractivity contribution in [2.24, 2.45) is 16.1 Å². The van der Waals surface area contributed by atoms with Gasteiger partial charge in [0, 0.05) is 25.7 Å². The first-order valence-corrected chi connectivity index (χ1v) is 9.43. The second-order valence-electron chi connectivity index (χ2n) is 6.80. The number of nitrogens with one attached hydrogen (secondary N) is 2. The zero-order valence-electron chi connectivity index (χ0n) is 15.2. The predicted molar refractivity (Wildman–Crippen MR) is 117 cm³/mol. The SMILES string of the molecule is CCNC(=NCC(C)(C)C(N)=O)NC1CCN(c2cccs2)CC1.I. The van der Waals surface area contributed by atoms with E-state index in [9.17, 15) is 4.79 Å². The number of nitrogens with two attached hydrogens (primary N) is 1. The van der Waals surface area contributed by atoms with Gasteiger partial charge in [-0.1, -0.05) is 0 Å². The molecule has 0 aliphatic carbocycles. The molecule has 0 aromatic carbocycles. The largest absolute Gasteiger partial charge is 0.369 e. The molecule has 0 unspecified atom stereocenters. The number of halogens is 1. The van der Waals surface area contributed by atoms with Crippen molar-refractivity contribution in [2.45, 2.75) is 39.7 Å². The lowest BCUT2D eigenvalue weighted by Crippen LogP contribution is -2.49. The van der Waals surface area contributed by atoms with E-state index in [-0.39, 0.29) is 29.9 Å². The van der Waals surface area contributed by atoms with Crippen molar-refractivity contribution >= 4 is 52.2 Å². The zero-order chi connectivity index (χ0) is 17.6. The van der Waals surface area contributed by atoms with E-state index in [1.807, 2.05) is 20.8 Å². The summed E-state index contributed by atoms with van der Waals surface area (Å²) in [4.78, 5) is 18.4. The number of thiophene rings is 1. The molecule has 142 valence electrons. The number of aliphatic imine (C=N–C) groups is 1. The molecule has 2 rings (SSSR count). The Balaban J connectivity index is 0.00000312. The van der Waals surface area contributed by atoms with Crippen LogP contribution < -0.4 is 21.3 Å². The summed E-state index contributed by atoms with van der Waals surface area (Å²) in [5, 5.41) is 10.2. The zero-order valence-corrected chi connectivity index (χ0v) is 18.4. The van der Waals surface area contributed by atoms with Crippen molar-refractivity contribution in [3.05, 3.63) is 17.5 Å². The van der Waals surface area contributed by atoms with Gasteiger partial charge in [-0.3, -0.25) is 9.79 Å². The summed E-state index contributed by atoms with van der Waals surface area (Å²) in [5.74, 6) is 0.438. The average molecular weight is 479 g/mol. The fourth-order valence-corrected chi connectivity index (χ4v) is 3.35. The molecular formula is C17H30IN5OS. The second kappa shape index (κ2) is 10.2. The van der Waals surface area contributed by atoms with Gasteiger partial charge in [0.05, 0.1) is 17.0 Å². The van der Waals surface area contributed by atoms with E-state index in [0.717, 1.165) is 38.4 Å². The Bertz CT molecular complexity index is 553. The van der Waals surface area contributed by atoms with Crippen LogP contribution in [0.3, 0.4) is 0 Å². The first-order valence-electron chi connectivity index (χ1n) is 8.55.